The summed E-state index contributed by atoms with van der Waals surface area (Å²) in [6, 6.07) is 5.75. The fourth-order valence-electron chi connectivity index (χ4n) is 4.20. The summed E-state index contributed by atoms with van der Waals surface area (Å²) in [5.41, 5.74) is 3.61. The Hall–Kier alpha value is -1.50. The van der Waals surface area contributed by atoms with Gasteiger partial charge in [-0.1, -0.05) is 19.3 Å². The van der Waals surface area contributed by atoms with Gasteiger partial charge in [0, 0.05) is 30.7 Å². The van der Waals surface area contributed by atoms with Crippen molar-refractivity contribution >= 4 is 27.5 Å². The van der Waals surface area contributed by atoms with Gasteiger partial charge < -0.3 is 10.1 Å². The van der Waals surface area contributed by atoms with Crippen LogP contribution in [0.25, 0.3) is 10.2 Å². The first kappa shape index (κ1) is 16.9. The van der Waals surface area contributed by atoms with E-state index in [4.69, 9.17) is 4.74 Å². The van der Waals surface area contributed by atoms with Crippen LogP contribution >= 0.6 is 11.3 Å². The van der Waals surface area contributed by atoms with Crippen molar-refractivity contribution in [1.82, 2.24) is 15.2 Å². The summed E-state index contributed by atoms with van der Waals surface area (Å²) in [6.45, 7) is 4.29. The monoisotopic (exact) mass is 359 g/mol. The molecule has 2 heterocycles. The fraction of sp³-hybridized carbons (Fsp3) is 0.579. The quantitative estimate of drug-likeness (QED) is 0.912. The second kappa shape index (κ2) is 7.40. The van der Waals surface area contributed by atoms with Gasteiger partial charge in [0.25, 0.3) is 5.91 Å². The van der Waals surface area contributed by atoms with Crippen LogP contribution in [-0.2, 0) is 4.74 Å². The minimum atomic E-state index is 0.0218. The van der Waals surface area contributed by atoms with E-state index in [9.17, 15) is 4.79 Å². The number of fused-ring (bicyclic) bond motifs is 1. The lowest BCUT2D eigenvalue weighted by Crippen LogP contribution is -2.59. The second-order valence-corrected chi connectivity index (χ2v) is 7.99. The van der Waals surface area contributed by atoms with Crippen LogP contribution in [0.2, 0.25) is 0 Å². The van der Waals surface area contributed by atoms with Crippen molar-refractivity contribution in [2.75, 3.05) is 32.8 Å². The molecule has 1 aliphatic carbocycles. The molecule has 2 fully saturated rings. The van der Waals surface area contributed by atoms with Gasteiger partial charge in [-0.2, -0.15) is 0 Å². The van der Waals surface area contributed by atoms with Gasteiger partial charge in [-0.25, -0.2) is 4.98 Å². The lowest BCUT2D eigenvalue weighted by Gasteiger charge is -2.48. The summed E-state index contributed by atoms with van der Waals surface area (Å²) < 4.78 is 6.59. The van der Waals surface area contributed by atoms with Crippen molar-refractivity contribution in [1.29, 1.82) is 0 Å². The van der Waals surface area contributed by atoms with E-state index in [0.717, 1.165) is 48.6 Å². The van der Waals surface area contributed by atoms with Crippen LogP contribution in [0.3, 0.4) is 0 Å². The number of rotatable bonds is 4. The molecule has 6 heteroatoms. The molecular weight excluding hydrogens is 334 g/mol. The molecule has 1 aromatic carbocycles. The zero-order valence-corrected chi connectivity index (χ0v) is 15.3. The molecule has 1 N–H and O–H groups in total. The molecular formula is C19H25N3O2S. The maximum Gasteiger partial charge on any atom is 0.251 e. The predicted molar refractivity (Wildman–Crippen MR) is 100 cm³/mol. The predicted octanol–water partition coefficient (Wildman–Crippen LogP) is 3.06. The molecule has 25 heavy (non-hydrogen) atoms. The Labute approximate surface area is 152 Å². The van der Waals surface area contributed by atoms with Crippen LogP contribution in [0.15, 0.2) is 23.7 Å². The number of nitrogens with one attached hydrogen (secondary N) is 1. The molecule has 0 unspecified atom stereocenters. The maximum atomic E-state index is 12.7. The van der Waals surface area contributed by atoms with Crippen LogP contribution in [0, 0.1) is 0 Å². The van der Waals surface area contributed by atoms with Crippen LogP contribution in [0.4, 0.5) is 0 Å². The molecule has 0 radical (unpaired) electrons. The SMILES string of the molecule is O=C(NCC1(N2CCOCC2)CCCCC1)c1ccc2ncsc2c1. The Morgan fingerprint density at radius 1 is 1.24 bits per heavy atom. The zero-order valence-electron chi connectivity index (χ0n) is 14.5. The number of benzene rings is 1. The van der Waals surface area contributed by atoms with Crippen molar-refractivity contribution in [3.63, 3.8) is 0 Å². The van der Waals surface area contributed by atoms with Crippen molar-refractivity contribution < 1.29 is 9.53 Å². The molecule has 1 aliphatic heterocycles. The lowest BCUT2D eigenvalue weighted by atomic mass is 9.79. The number of carbonyl (C=O) groups is 1. The average Bonchev–Trinajstić information content (AvgIpc) is 3.15. The number of hydrogen-bond donors (Lipinski definition) is 1. The van der Waals surface area contributed by atoms with E-state index in [2.05, 4.69) is 15.2 Å². The van der Waals surface area contributed by atoms with Crippen LogP contribution in [0.5, 0.6) is 0 Å². The highest BCUT2D eigenvalue weighted by Crippen LogP contribution is 2.34. The smallest absolute Gasteiger partial charge is 0.251 e. The molecule has 1 aromatic heterocycles. The highest BCUT2D eigenvalue weighted by Gasteiger charge is 2.38. The Balaban J connectivity index is 1.47. The van der Waals surface area contributed by atoms with E-state index in [1.807, 2.05) is 23.7 Å². The topological polar surface area (TPSA) is 54.5 Å². The Morgan fingerprint density at radius 3 is 2.84 bits per heavy atom. The van der Waals surface area contributed by atoms with Crippen molar-refractivity contribution in [3.8, 4) is 0 Å². The number of morpholine rings is 1. The van der Waals surface area contributed by atoms with Crippen LogP contribution in [0.1, 0.15) is 42.5 Å². The minimum Gasteiger partial charge on any atom is -0.379 e. The molecule has 134 valence electrons. The largest absolute Gasteiger partial charge is 0.379 e. The summed E-state index contributed by atoms with van der Waals surface area (Å²) in [4.78, 5) is 19.5. The number of ether oxygens (including phenoxy) is 1. The van der Waals surface area contributed by atoms with Gasteiger partial charge in [0.2, 0.25) is 0 Å². The molecule has 1 amide bonds. The molecule has 0 spiro atoms. The van der Waals surface area contributed by atoms with Gasteiger partial charge in [-0.05, 0) is 31.0 Å². The van der Waals surface area contributed by atoms with Gasteiger partial charge in [0.05, 0.1) is 28.9 Å². The highest BCUT2D eigenvalue weighted by molar-refractivity contribution is 7.16. The summed E-state index contributed by atoms with van der Waals surface area (Å²) in [7, 11) is 0. The number of thiazole rings is 1. The molecule has 1 saturated carbocycles. The molecule has 4 rings (SSSR count). The third-order valence-corrected chi connectivity index (χ3v) is 6.43. The van der Waals surface area contributed by atoms with Gasteiger partial charge in [-0.3, -0.25) is 9.69 Å². The highest BCUT2D eigenvalue weighted by atomic mass is 32.1. The molecule has 1 saturated heterocycles. The first-order valence-corrected chi connectivity index (χ1v) is 10.1. The van der Waals surface area contributed by atoms with Crippen molar-refractivity contribution in [2.45, 2.75) is 37.6 Å². The summed E-state index contributed by atoms with van der Waals surface area (Å²) in [5, 5.41) is 3.23. The number of nitrogens with zero attached hydrogens (tertiary/aromatic N) is 2. The maximum absolute atomic E-state index is 12.7. The van der Waals surface area contributed by atoms with Gasteiger partial charge >= 0.3 is 0 Å². The molecule has 0 bridgehead atoms. The fourth-order valence-corrected chi connectivity index (χ4v) is 4.91. The van der Waals surface area contributed by atoms with Crippen molar-refractivity contribution in [3.05, 3.63) is 29.3 Å². The molecule has 0 atom stereocenters. The first-order valence-electron chi connectivity index (χ1n) is 9.21. The van der Waals surface area contributed by atoms with E-state index in [1.165, 1.54) is 32.1 Å². The second-order valence-electron chi connectivity index (χ2n) is 7.10. The van der Waals surface area contributed by atoms with E-state index in [0.29, 0.717) is 0 Å². The normalized spacial score (nSPS) is 21.3. The van der Waals surface area contributed by atoms with Crippen molar-refractivity contribution in [2.24, 2.45) is 0 Å². The van der Waals surface area contributed by atoms with Gasteiger partial charge in [-0.15, -0.1) is 11.3 Å². The average molecular weight is 359 g/mol. The zero-order chi connectivity index (χ0) is 17.1. The summed E-state index contributed by atoms with van der Waals surface area (Å²) in [5.74, 6) is 0.0218. The Morgan fingerprint density at radius 2 is 2.04 bits per heavy atom. The summed E-state index contributed by atoms with van der Waals surface area (Å²) >= 11 is 1.57. The van der Waals surface area contributed by atoms with E-state index in [1.54, 1.807) is 11.3 Å². The lowest BCUT2D eigenvalue weighted by molar-refractivity contribution is -0.0361. The number of amides is 1. The van der Waals surface area contributed by atoms with E-state index in [-0.39, 0.29) is 11.4 Å². The Kier molecular flexibility index (Phi) is 5.01. The Bertz CT molecular complexity index is 733. The van der Waals surface area contributed by atoms with Crippen LogP contribution < -0.4 is 5.32 Å². The molecule has 5 nitrogen and oxygen atoms in total. The number of hydrogen-bond acceptors (Lipinski definition) is 5. The number of carbonyl (C=O) groups excluding carboxylic acids is 1. The first-order chi connectivity index (χ1) is 12.3. The van der Waals surface area contributed by atoms with Gasteiger partial charge in [0.1, 0.15) is 0 Å². The van der Waals surface area contributed by atoms with Gasteiger partial charge in [0.15, 0.2) is 0 Å². The standard InChI is InChI=1S/C19H25N3O2S/c23-18(15-4-5-16-17(12-15)25-14-21-16)20-13-19(6-2-1-3-7-19)22-8-10-24-11-9-22/h4-5,12,14H,1-3,6-11,13H2,(H,20,23). The summed E-state index contributed by atoms with van der Waals surface area (Å²) in [6.07, 6.45) is 6.14. The van der Waals surface area contributed by atoms with E-state index < -0.39 is 0 Å². The molecule has 2 aliphatic rings. The number of aromatic nitrogens is 1. The molecule has 2 aromatic rings. The van der Waals surface area contributed by atoms with Crippen LogP contribution in [-0.4, -0.2) is 54.2 Å². The van der Waals surface area contributed by atoms with E-state index >= 15 is 0 Å². The third-order valence-electron chi connectivity index (χ3n) is 5.64. The third kappa shape index (κ3) is 3.57. The minimum absolute atomic E-state index is 0.0218.